The van der Waals surface area contributed by atoms with Crippen LogP contribution in [-0.4, -0.2) is 24.9 Å². The van der Waals surface area contributed by atoms with Gasteiger partial charge in [0.05, 0.1) is 12.5 Å². The predicted octanol–water partition coefficient (Wildman–Crippen LogP) is 3.10. The summed E-state index contributed by atoms with van der Waals surface area (Å²) in [6.07, 6.45) is 0.927. The first-order chi connectivity index (χ1) is 12.1. The molecule has 0 aliphatic rings. The number of benzene rings is 2. The highest BCUT2D eigenvalue weighted by atomic mass is 16.2. The van der Waals surface area contributed by atoms with Crippen molar-refractivity contribution in [3.63, 3.8) is 0 Å². The monoisotopic (exact) mass is 338 g/mol. The van der Waals surface area contributed by atoms with Gasteiger partial charge >= 0.3 is 0 Å². The molecule has 0 saturated heterocycles. The third-order valence-corrected chi connectivity index (χ3v) is 4.00. The molecular formula is C21H26N2O2. The van der Waals surface area contributed by atoms with E-state index in [0.717, 1.165) is 17.5 Å². The van der Waals surface area contributed by atoms with Gasteiger partial charge < -0.3 is 10.6 Å². The summed E-state index contributed by atoms with van der Waals surface area (Å²) in [6.45, 7) is 4.84. The highest BCUT2D eigenvalue weighted by Gasteiger charge is 2.22. The van der Waals surface area contributed by atoms with Gasteiger partial charge in [0.1, 0.15) is 0 Å². The molecular weight excluding hydrogens is 312 g/mol. The van der Waals surface area contributed by atoms with E-state index in [2.05, 4.69) is 24.5 Å². The molecule has 2 aromatic rings. The molecule has 0 aliphatic heterocycles. The van der Waals surface area contributed by atoms with Crippen LogP contribution in [0.15, 0.2) is 60.7 Å². The Balaban J connectivity index is 2.01. The van der Waals surface area contributed by atoms with E-state index in [4.69, 9.17) is 0 Å². The summed E-state index contributed by atoms with van der Waals surface area (Å²) in [6, 6.07) is 19.2. The van der Waals surface area contributed by atoms with Gasteiger partial charge in [0.15, 0.2) is 0 Å². The Hall–Kier alpha value is -2.62. The number of hydrogen-bond acceptors (Lipinski definition) is 2. The Morgan fingerprint density at radius 1 is 0.840 bits per heavy atom. The lowest BCUT2D eigenvalue weighted by Gasteiger charge is -2.18. The first-order valence-electron chi connectivity index (χ1n) is 8.72. The van der Waals surface area contributed by atoms with E-state index in [1.54, 1.807) is 0 Å². The van der Waals surface area contributed by atoms with Crippen LogP contribution in [0.25, 0.3) is 0 Å². The van der Waals surface area contributed by atoms with Crippen LogP contribution in [0.5, 0.6) is 0 Å². The average Bonchev–Trinajstić information content (AvgIpc) is 2.62. The van der Waals surface area contributed by atoms with Gasteiger partial charge in [-0.1, -0.05) is 74.5 Å². The van der Waals surface area contributed by atoms with Crippen molar-refractivity contribution in [3.05, 3.63) is 71.8 Å². The zero-order valence-corrected chi connectivity index (χ0v) is 14.9. The summed E-state index contributed by atoms with van der Waals surface area (Å²) >= 11 is 0. The molecule has 0 fully saturated rings. The van der Waals surface area contributed by atoms with Crippen molar-refractivity contribution in [2.24, 2.45) is 5.92 Å². The Morgan fingerprint density at radius 2 is 1.36 bits per heavy atom. The van der Waals surface area contributed by atoms with E-state index in [1.165, 1.54) is 0 Å². The number of carbonyl (C=O) groups is 2. The van der Waals surface area contributed by atoms with Crippen molar-refractivity contribution in [2.45, 2.75) is 26.2 Å². The molecule has 0 saturated carbocycles. The summed E-state index contributed by atoms with van der Waals surface area (Å²) in [4.78, 5) is 24.6. The molecule has 0 aromatic heterocycles. The quantitative estimate of drug-likeness (QED) is 0.777. The summed E-state index contributed by atoms with van der Waals surface area (Å²) in [5.74, 6) is -0.216. The molecule has 25 heavy (non-hydrogen) atoms. The Kier molecular flexibility index (Phi) is 7.20. The van der Waals surface area contributed by atoms with Gasteiger partial charge in [-0.2, -0.15) is 0 Å². The molecule has 0 bridgehead atoms. The number of rotatable bonds is 8. The van der Waals surface area contributed by atoms with Crippen LogP contribution in [-0.2, 0) is 9.59 Å². The van der Waals surface area contributed by atoms with Crippen LogP contribution in [0, 0.1) is 5.92 Å². The zero-order valence-electron chi connectivity index (χ0n) is 14.9. The van der Waals surface area contributed by atoms with Crippen molar-refractivity contribution >= 4 is 11.8 Å². The molecule has 2 N–H and O–H groups in total. The first kappa shape index (κ1) is 18.7. The molecule has 132 valence electrons. The second-order valence-electron chi connectivity index (χ2n) is 6.50. The number of amides is 2. The molecule has 0 heterocycles. The topological polar surface area (TPSA) is 58.2 Å². The SMILES string of the molecule is CC(C)CCNC(=O)CNC(=O)C(c1ccccc1)c1ccccc1. The van der Waals surface area contributed by atoms with Crippen molar-refractivity contribution in [2.75, 3.05) is 13.1 Å². The smallest absolute Gasteiger partial charge is 0.239 e. The third-order valence-electron chi connectivity index (χ3n) is 4.00. The maximum atomic E-state index is 12.7. The molecule has 2 rings (SSSR count). The lowest BCUT2D eigenvalue weighted by Crippen LogP contribution is -2.39. The Morgan fingerprint density at radius 3 is 1.84 bits per heavy atom. The Labute approximate surface area is 149 Å². The predicted molar refractivity (Wildman–Crippen MR) is 100 cm³/mol. The van der Waals surface area contributed by atoms with Gasteiger partial charge in [0.25, 0.3) is 0 Å². The highest BCUT2D eigenvalue weighted by molar-refractivity contribution is 5.90. The maximum Gasteiger partial charge on any atom is 0.239 e. The summed E-state index contributed by atoms with van der Waals surface area (Å²) < 4.78 is 0. The largest absolute Gasteiger partial charge is 0.355 e. The van der Waals surface area contributed by atoms with Crippen LogP contribution in [0.2, 0.25) is 0 Å². The molecule has 0 atom stereocenters. The van der Waals surface area contributed by atoms with Crippen molar-refractivity contribution in [1.82, 2.24) is 10.6 Å². The van der Waals surface area contributed by atoms with E-state index in [1.807, 2.05) is 60.7 Å². The van der Waals surface area contributed by atoms with Crippen LogP contribution >= 0.6 is 0 Å². The average molecular weight is 338 g/mol. The molecule has 0 unspecified atom stereocenters. The summed E-state index contributed by atoms with van der Waals surface area (Å²) in [5.41, 5.74) is 1.82. The van der Waals surface area contributed by atoms with Crippen molar-refractivity contribution in [1.29, 1.82) is 0 Å². The molecule has 2 aromatic carbocycles. The lowest BCUT2D eigenvalue weighted by molar-refractivity contribution is -0.126. The van der Waals surface area contributed by atoms with E-state index in [-0.39, 0.29) is 18.4 Å². The minimum atomic E-state index is -0.425. The molecule has 2 amide bonds. The second kappa shape index (κ2) is 9.62. The lowest BCUT2D eigenvalue weighted by atomic mass is 9.90. The van der Waals surface area contributed by atoms with Crippen LogP contribution in [0.4, 0.5) is 0 Å². The normalized spacial score (nSPS) is 10.7. The minimum absolute atomic E-state index is 0.00685. The van der Waals surface area contributed by atoms with Gasteiger partial charge in [-0.3, -0.25) is 9.59 Å². The van der Waals surface area contributed by atoms with Gasteiger partial charge in [-0.15, -0.1) is 0 Å². The standard InChI is InChI=1S/C21H26N2O2/c1-16(2)13-14-22-19(24)15-23-21(25)20(17-9-5-3-6-10-17)18-11-7-4-8-12-18/h3-12,16,20H,13-15H2,1-2H3,(H,22,24)(H,23,25). The number of carbonyl (C=O) groups excluding carboxylic acids is 2. The van der Waals surface area contributed by atoms with Crippen molar-refractivity contribution < 1.29 is 9.59 Å². The second-order valence-corrected chi connectivity index (χ2v) is 6.50. The van der Waals surface area contributed by atoms with Crippen molar-refractivity contribution in [3.8, 4) is 0 Å². The van der Waals surface area contributed by atoms with Gasteiger partial charge in [0, 0.05) is 6.54 Å². The van der Waals surface area contributed by atoms with Crippen LogP contribution < -0.4 is 10.6 Å². The van der Waals surface area contributed by atoms with Gasteiger partial charge in [-0.05, 0) is 23.5 Å². The highest BCUT2D eigenvalue weighted by Crippen LogP contribution is 2.24. The van der Waals surface area contributed by atoms with Crippen LogP contribution in [0.1, 0.15) is 37.3 Å². The summed E-state index contributed by atoms with van der Waals surface area (Å²) in [7, 11) is 0. The van der Waals surface area contributed by atoms with E-state index in [9.17, 15) is 9.59 Å². The molecule has 4 heteroatoms. The zero-order chi connectivity index (χ0) is 18.1. The van der Waals surface area contributed by atoms with Crippen LogP contribution in [0.3, 0.4) is 0 Å². The number of hydrogen-bond donors (Lipinski definition) is 2. The minimum Gasteiger partial charge on any atom is -0.355 e. The van der Waals surface area contributed by atoms with E-state index in [0.29, 0.717) is 12.5 Å². The molecule has 4 nitrogen and oxygen atoms in total. The maximum absolute atomic E-state index is 12.7. The van der Waals surface area contributed by atoms with Gasteiger partial charge in [-0.25, -0.2) is 0 Å². The molecule has 0 aliphatic carbocycles. The van der Waals surface area contributed by atoms with E-state index < -0.39 is 5.92 Å². The first-order valence-corrected chi connectivity index (χ1v) is 8.72. The summed E-state index contributed by atoms with van der Waals surface area (Å²) in [5, 5.41) is 5.60. The fourth-order valence-electron chi connectivity index (χ4n) is 2.62. The number of nitrogens with one attached hydrogen (secondary N) is 2. The fourth-order valence-corrected chi connectivity index (χ4v) is 2.62. The third kappa shape index (κ3) is 6.07. The van der Waals surface area contributed by atoms with E-state index >= 15 is 0 Å². The molecule has 0 spiro atoms. The molecule has 0 radical (unpaired) electrons. The van der Waals surface area contributed by atoms with Gasteiger partial charge in [0.2, 0.25) is 11.8 Å². The fraction of sp³-hybridized carbons (Fsp3) is 0.333. The Bertz CT molecular complexity index is 629.